The first-order chi connectivity index (χ1) is 7.31. The van der Waals surface area contributed by atoms with Gasteiger partial charge in [0.25, 0.3) is 0 Å². The Hall–Kier alpha value is -1.77. The Morgan fingerprint density at radius 1 is 1.60 bits per heavy atom. The van der Waals surface area contributed by atoms with E-state index in [0.717, 1.165) is 12.2 Å². The van der Waals surface area contributed by atoms with E-state index in [0.29, 0.717) is 6.61 Å². The molecule has 0 radical (unpaired) electrons. The summed E-state index contributed by atoms with van der Waals surface area (Å²) < 4.78 is 6.94. The zero-order valence-corrected chi connectivity index (χ0v) is 8.64. The standard InChI is InChI=1S/C12H13NO2/c1-2-15-12(14)8-7-11-6-5-10-4-3-9-13(10)11/h3-8H,2,9H2,1H3. The molecule has 0 saturated carbocycles. The van der Waals surface area contributed by atoms with E-state index < -0.39 is 0 Å². The van der Waals surface area contributed by atoms with Crippen molar-refractivity contribution in [2.75, 3.05) is 6.61 Å². The first-order valence-corrected chi connectivity index (χ1v) is 5.02. The van der Waals surface area contributed by atoms with Gasteiger partial charge in [-0.15, -0.1) is 0 Å². The molecule has 0 aromatic carbocycles. The van der Waals surface area contributed by atoms with Crippen LogP contribution in [-0.2, 0) is 16.1 Å². The number of esters is 1. The molecule has 0 N–H and O–H groups in total. The zero-order chi connectivity index (χ0) is 10.7. The summed E-state index contributed by atoms with van der Waals surface area (Å²) in [4.78, 5) is 11.1. The number of allylic oxidation sites excluding steroid dienone is 1. The quantitative estimate of drug-likeness (QED) is 0.556. The van der Waals surface area contributed by atoms with E-state index in [4.69, 9.17) is 4.74 Å². The molecule has 1 aromatic heterocycles. The van der Waals surface area contributed by atoms with Gasteiger partial charge in [-0.1, -0.05) is 6.08 Å². The smallest absolute Gasteiger partial charge is 0.330 e. The van der Waals surface area contributed by atoms with Crippen LogP contribution in [0, 0.1) is 0 Å². The highest BCUT2D eigenvalue weighted by Crippen LogP contribution is 2.17. The highest BCUT2D eigenvalue weighted by Gasteiger charge is 2.06. The molecule has 3 nitrogen and oxygen atoms in total. The second-order valence-corrected chi connectivity index (χ2v) is 3.28. The van der Waals surface area contributed by atoms with Crippen molar-refractivity contribution in [2.45, 2.75) is 13.5 Å². The third-order valence-corrected chi connectivity index (χ3v) is 2.30. The Morgan fingerprint density at radius 3 is 3.27 bits per heavy atom. The average Bonchev–Trinajstić information content (AvgIpc) is 2.77. The second-order valence-electron chi connectivity index (χ2n) is 3.28. The fourth-order valence-electron chi connectivity index (χ4n) is 1.62. The lowest BCUT2D eigenvalue weighted by Crippen LogP contribution is -2.00. The maximum atomic E-state index is 11.1. The Bertz CT molecular complexity index is 427. The molecule has 0 saturated heterocycles. The number of hydrogen-bond donors (Lipinski definition) is 0. The maximum Gasteiger partial charge on any atom is 0.330 e. The predicted octanol–water partition coefficient (Wildman–Crippen LogP) is 2.09. The molecular formula is C12H13NO2. The minimum atomic E-state index is -0.293. The Labute approximate surface area is 88.7 Å². The molecule has 0 spiro atoms. The number of fused-ring (bicyclic) bond motifs is 1. The van der Waals surface area contributed by atoms with Gasteiger partial charge in [0.2, 0.25) is 0 Å². The first-order valence-electron chi connectivity index (χ1n) is 5.02. The summed E-state index contributed by atoms with van der Waals surface area (Å²) >= 11 is 0. The third kappa shape index (κ3) is 2.01. The van der Waals surface area contributed by atoms with Crippen LogP contribution >= 0.6 is 0 Å². The van der Waals surface area contributed by atoms with Crippen LogP contribution in [0.25, 0.3) is 12.2 Å². The van der Waals surface area contributed by atoms with Gasteiger partial charge >= 0.3 is 5.97 Å². The van der Waals surface area contributed by atoms with Crippen molar-refractivity contribution in [3.63, 3.8) is 0 Å². The fraction of sp³-hybridized carbons (Fsp3) is 0.250. The Morgan fingerprint density at radius 2 is 2.47 bits per heavy atom. The van der Waals surface area contributed by atoms with Crippen LogP contribution in [-0.4, -0.2) is 17.1 Å². The number of aromatic nitrogens is 1. The van der Waals surface area contributed by atoms with Crippen molar-refractivity contribution in [1.82, 2.24) is 4.57 Å². The van der Waals surface area contributed by atoms with E-state index in [1.54, 1.807) is 13.0 Å². The van der Waals surface area contributed by atoms with E-state index in [-0.39, 0.29) is 5.97 Å². The van der Waals surface area contributed by atoms with E-state index >= 15 is 0 Å². The monoisotopic (exact) mass is 203 g/mol. The van der Waals surface area contributed by atoms with E-state index in [2.05, 4.69) is 16.7 Å². The number of hydrogen-bond acceptors (Lipinski definition) is 2. The van der Waals surface area contributed by atoms with Gasteiger partial charge in [0.15, 0.2) is 0 Å². The van der Waals surface area contributed by atoms with Gasteiger partial charge in [-0.2, -0.15) is 0 Å². The summed E-state index contributed by atoms with van der Waals surface area (Å²) in [7, 11) is 0. The molecule has 15 heavy (non-hydrogen) atoms. The highest BCUT2D eigenvalue weighted by molar-refractivity contribution is 5.86. The van der Waals surface area contributed by atoms with Crippen molar-refractivity contribution < 1.29 is 9.53 Å². The predicted molar refractivity (Wildman–Crippen MR) is 59.1 cm³/mol. The number of carbonyl (C=O) groups excluding carboxylic acids is 1. The second kappa shape index (κ2) is 4.17. The minimum Gasteiger partial charge on any atom is -0.463 e. The van der Waals surface area contributed by atoms with Crippen molar-refractivity contribution in [3.05, 3.63) is 35.7 Å². The van der Waals surface area contributed by atoms with Crippen molar-refractivity contribution in [3.8, 4) is 0 Å². The average molecular weight is 203 g/mol. The largest absolute Gasteiger partial charge is 0.463 e. The normalized spacial score (nSPS) is 13.4. The molecule has 0 fully saturated rings. The van der Waals surface area contributed by atoms with Crippen LogP contribution in [0.4, 0.5) is 0 Å². The van der Waals surface area contributed by atoms with Gasteiger partial charge in [0.05, 0.1) is 6.61 Å². The third-order valence-electron chi connectivity index (χ3n) is 2.30. The lowest BCUT2D eigenvalue weighted by Gasteiger charge is -2.00. The number of nitrogens with zero attached hydrogens (tertiary/aromatic N) is 1. The summed E-state index contributed by atoms with van der Waals surface area (Å²) in [6.45, 7) is 3.09. The van der Waals surface area contributed by atoms with Gasteiger partial charge in [0, 0.05) is 24.0 Å². The fourth-order valence-corrected chi connectivity index (χ4v) is 1.62. The molecule has 0 atom stereocenters. The molecule has 2 heterocycles. The zero-order valence-electron chi connectivity index (χ0n) is 8.64. The lowest BCUT2D eigenvalue weighted by molar-refractivity contribution is -0.137. The highest BCUT2D eigenvalue weighted by atomic mass is 16.5. The van der Waals surface area contributed by atoms with Crippen molar-refractivity contribution in [1.29, 1.82) is 0 Å². The molecule has 0 amide bonds. The van der Waals surface area contributed by atoms with Crippen LogP contribution in [0.5, 0.6) is 0 Å². The summed E-state index contributed by atoms with van der Waals surface area (Å²) in [5.74, 6) is -0.293. The molecule has 1 aliphatic heterocycles. The van der Waals surface area contributed by atoms with Crippen LogP contribution in [0.1, 0.15) is 18.3 Å². The molecular weight excluding hydrogens is 190 g/mol. The van der Waals surface area contributed by atoms with E-state index in [9.17, 15) is 4.79 Å². The number of carbonyl (C=O) groups is 1. The number of rotatable bonds is 3. The first kappa shape index (κ1) is 9.77. The molecule has 0 aliphatic carbocycles. The lowest BCUT2D eigenvalue weighted by atomic mass is 10.3. The molecule has 1 aromatic rings. The molecule has 2 rings (SSSR count). The van der Waals surface area contributed by atoms with Gasteiger partial charge in [-0.25, -0.2) is 4.79 Å². The molecule has 0 bridgehead atoms. The van der Waals surface area contributed by atoms with Crippen LogP contribution in [0.15, 0.2) is 24.3 Å². The maximum absolute atomic E-state index is 11.1. The topological polar surface area (TPSA) is 31.2 Å². The van der Waals surface area contributed by atoms with Gasteiger partial charge in [0.1, 0.15) is 0 Å². The van der Waals surface area contributed by atoms with Gasteiger partial charge in [-0.3, -0.25) is 0 Å². The summed E-state index contributed by atoms with van der Waals surface area (Å²) in [6.07, 6.45) is 7.41. The SMILES string of the molecule is CCOC(=O)C=Cc1ccc2n1CC=C2. The summed E-state index contributed by atoms with van der Waals surface area (Å²) in [5, 5.41) is 0. The van der Waals surface area contributed by atoms with E-state index in [1.165, 1.54) is 11.8 Å². The molecule has 78 valence electrons. The van der Waals surface area contributed by atoms with Crippen molar-refractivity contribution in [2.24, 2.45) is 0 Å². The number of ether oxygens (including phenoxy) is 1. The molecule has 0 unspecified atom stereocenters. The van der Waals surface area contributed by atoms with Crippen LogP contribution < -0.4 is 0 Å². The summed E-state index contributed by atoms with van der Waals surface area (Å²) in [6, 6.07) is 4.03. The molecule has 3 heteroatoms. The van der Waals surface area contributed by atoms with Gasteiger partial charge < -0.3 is 9.30 Å². The Kier molecular flexibility index (Phi) is 2.72. The Balaban J connectivity index is 2.09. The molecule has 1 aliphatic rings. The minimum absolute atomic E-state index is 0.293. The summed E-state index contributed by atoms with van der Waals surface area (Å²) in [5.41, 5.74) is 2.21. The van der Waals surface area contributed by atoms with E-state index in [1.807, 2.05) is 12.1 Å². The van der Waals surface area contributed by atoms with Crippen molar-refractivity contribution >= 4 is 18.1 Å². The van der Waals surface area contributed by atoms with Crippen LogP contribution in [0.2, 0.25) is 0 Å². The van der Waals surface area contributed by atoms with Crippen LogP contribution in [0.3, 0.4) is 0 Å². The van der Waals surface area contributed by atoms with Gasteiger partial charge in [-0.05, 0) is 31.2 Å².